The van der Waals surface area contributed by atoms with Crippen LogP contribution in [0.3, 0.4) is 0 Å². The molecule has 0 fully saturated rings. The fourth-order valence-corrected chi connectivity index (χ4v) is 10.4. The number of unbranched alkanes of at least 4 members (excludes halogenated alkanes) is 42. The SMILES string of the molecule is CC/C=C\C/C=C\C/C=C\C/C=C\C/C=C\CCCCCCCCCCCC(=O)OCC(COC(=O)CCCCCCCCC/C=C\CCCCCCCC)OC(=O)CCCCCCCCCCCCCCCCCCCCCCC. The highest BCUT2D eigenvalue weighted by molar-refractivity contribution is 5.71. The first-order chi connectivity index (χ1) is 40.0. The van der Waals surface area contributed by atoms with Gasteiger partial charge in [0.05, 0.1) is 0 Å². The van der Waals surface area contributed by atoms with E-state index in [0.717, 1.165) is 96.3 Å². The van der Waals surface area contributed by atoms with E-state index >= 15 is 0 Å². The molecule has 0 aliphatic carbocycles. The van der Waals surface area contributed by atoms with Crippen LogP contribution >= 0.6 is 0 Å². The summed E-state index contributed by atoms with van der Waals surface area (Å²) < 4.78 is 17.0. The van der Waals surface area contributed by atoms with Crippen molar-refractivity contribution in [1.29, 1.82) is 0 Å². The first kappa shape index (κ1) is 77.9. The van der Waals surface area contributed by atoms with Crippen LogP contribution in [-0.4, -0.2) is 37.2 Å². The normalized spacial score (nSPS) is 12.5. The largest absolute Gasteiger partial charge is 0.462 e. The van der Waals surface area contributed by atoms with Crippen LogP contribution in [0.4, 0.5) is 0 Å². The van der Waals surface area contributed by atoms with Gasteiger partial charge in [-0.3, -0.25) is 14.4 Å². The fourth-order valence-electron chi connectivity index (χ4n) is 10.4. The zero-order valence-corrected chi connectivity index (χ0v) is 54.1. The number of rotatable bonds is 65. The summed E-state index contributed by atoms with van der Waals surface area (Å²) in [5.41, 5.74) is 0. The van der Waals surface area contributed by atoms with Gasteiger partial charge in [0.15, 0.2) is 6.10 Å². The smallest absolute Gasteiger partial charge is 0.306 e. The van der Waals surface area contributed by atoms with Crippen LogP contribution in [0.1, 0.15) is 367 Å². The summed E-state index contributed by atoms with van der Waals surface area (Å²) in [6.07, 6.45) is 90.6. The number of ether oxygens (including phenoxy) is 3. The summed E-state index contributed by atoms with van der Waals surface area (Å²) in [7, 11) is 0. The molecule has 0 aromatic carbocycles. The number of carbonyl (C=O) groups excluding carboxylic acids is 3. The van der Waals surface area contributed by atoms with Crippen LogP contribution in [0.2, 0.25) is 0 Å². The third-order valence-electron chi connectivity index (χ3n) is 15.7. The van der Waals surface area contributed by atoms with Gasteiger partial charge in [-0.2, -0.15) is 0 Å². The minimum Gasteiger partial charge on any atom is -0.462 e. The molecule has 0 saturated heterocycles. The molecule has 0 bridgehead atoms. The number of allylic oxidation sites excluding steroid dienone is 12. The molecular formula is C75H134O6. The zero-order valence-electron chi connectivity index (χ0n) is 54.1. The van der Waals surface area contributed by atoms with Crippen molar-refractivity contribution in [3.8, 4) is 0 Å². The molecule has 0 heterocycles. The number of hydrogen-bond donors (Lipinski definition) is 0. The third kappa shape index (κ3) is 67.5. The van der Waals surface area contributed by atoms with Crippen LogP contribution in [0, 0.1) is 0 Å². The van der Waals surface area contributed by atoms with Crippen molar-refractivity contribution in [3.63, 3.8) is 0 Å². The van der Waals surface area contributed by atoms with Gasteiger partial charge in [0.1, 0.15) is 13.2 Å². The fraction of sp³-hybridized carbons (Fsp3) is 0.800. The maximum absolute atomic E-state index is 13.0. The Morgan fingerprint density at radius 1 is 0.259 bits per heavy atom. The van der Waals surface area contributed by atoms with Gasteiger partial charge in [-0.15, -0.1) is 0 Å². The van der Waals surface area contributed by atoms with Gasteiger partial charge < -0.3 is 14.2 Å². The van der Waals surface area contributed by atoms with Gasteiger partial charge in [-0.25, -0.2) is 0 Å². The first-order valence-corrected chi connectivity index (χ1v) is 35.4. The molecule has 0 aliphatic rings. The van der Waals surface area contributed by atoms with Gasteiger partial charge in [-0.05, 0) is 89.9 Å². The Kier molecular flexibility index (Phi) is 66.6. The maximum atomic E-state index is 13.0. The zero-order chi connectivity index (χ0) is 58.5. The Bertz CT molecular complexity index is 1490. The molecule has 1 unspecified atom stereocenters. The lowest BCUT2D eigenvalue weighted by Gasteiger charge is -2.18. The van der Waals surface area contributed by atoms with E-state index in [9.17, 15) is 14.4 Å². The lowest BCUT2D eigenvalue weighted by molar-refractivity contribution is -0.167. The lowest BCUT2D eigenvalue weighted by atomic mass is 10.0. The van der Waals surface area contributed by atoms with Gasteiger partial charge in [0, 0.05) is 19.3 Å². The quantitative estimate of drug-likeness (QED) is 0.0261. The number of esters is 3. The molecule has 0 amide bonds. The summed E-state index contributed by atoms with van der Waals surface area (Å²) in [4.78, 5) is 38.5. The standard InChI is InChI=1S/C75H134O6/c1-4-7-10-13-16-19-22-25-28-31-33-35-36-37-38-40-41-44-47-50-53-56-59-62-65-68-74(77)80-71-72(70-79-73(76)67-64-61-58-55-52-49-46-43-30-27-24-21-18-15-12-9-6-3)81-75(78)69-66-63-60-57-54-51-48-45-42-39-34-32-29-26-23-20-17-14-11-8-5-2/h7,10,16,19,25,27-28,30,33,35,37-38,72H,4-6,8-9,11-15,17-18,20-24,26,29,31-32,34,36,39-71H2,1-3H3/b10-7-,19-16-,28-25-,30-27-,35-33-,38-37-. The molecule has 0 saturated carbocycles. The maximum Gasteiger partial charge on any atom is 0.306 e. The Hall–Kier alpha value is -3.15. The van der Waals surface area contributed by atoms with Crippen molar-refractivity contribution in [3.05, 3.63) is 72.9 Å². The first-order valence-electron chi connectivity index (χ1n) is 35.4. The second-order valence-electron chi connectivity index (χ2n) is 23.8. The van der Waals surface area contributed by atoms with Gasteiger partial charge in [0.2, 0.25) is 0 Å². The minimum atomic E-state index is -0.780. The van der Waals surface area contributed by atoms with E-state index in [-0.39, 0.29) is 31.1 Å². The average molecular weight is 1130 g/mol. The molecule has 0 N–H and O–H groups in total. The van der Waals surface area contributed by atoms with Gasteiger partial charge in [-0.1, -0.05) is 331 Å². The molecule has 1 atom stereocenters. The monoisotopic (exact) mass is 1130 g/mol. The lowest BCUT2D eigenvalue weighted by Crippen LogP contribution is -2.30. The Morgan fingerprint density at radius 2 is 0.481 bits per heavy atom. The summed E-state index contributed by atoms with van der Waals surface area (Å²) in [6, 6.07) is 0. The molecule has 0 spiro atoms. The van der Waals surface area contributed by atoms with Crippen molar-refractivity contribution < 1.29 is 28.6 Å². The van der Waals surface area contributed by atoms with Crippen LogP contribution in [-0.2, 0) is 28.6 Å². The molecule has 6 heteroatoms. The summed E-state index contributed by atoms with van der Waals surface area (Å²) >= 11 is 0. The Morgan fingerprint density at radius 3 is 0.765 bits per heavy atom. The summed E-state index contributed by atoms with van der Waals surface area (Å²) in [5, 5.41) is 0. The van der Waals surface area contributed by atoms with Crippen molar-refractivity contribution in [1.82, 2.24) is 0 Å². The van der Waals surface area contributed by atoms with E-state index < -0.39 is 6.10 Å². The molecule has 470 valence electrons. The summed E-state index contributed by atoms with van der Waals surface area (Å²) in [6.45, 7) is 6.58. The Labute approximate surface area is 503 Å². The molecule has 6 nitrogen and oxygen atoms in total. The van der Waals surface area contributed by atoms with E-state index in [1.54, 1.807) is 0 Å². The molecule has 81 heavy (non-hydrogen) atoms. The van der Waals surface area contributed by atoms with Crippen molar-refractivity contribution in [2.45, 2.75) is 374 Å². The van der Waals surface area contributed by atoms with E-state index in [1.807, 2.05) is 0 Å². The topological polar surface area (TPSA) is 78.9 Å². The summed E-state index contributed by atoms with van der Waals surface area (Å²) in [5.74, 6) is -0.862. The molecule has 0 aliphatic heterocycles. The highest BCUT2D eigenvalue weighted by atomic mass is 16.6. The van der Waals surface area contributed by atoms with E-state index in [1.165, 1.54) is 231 Å². The van der Waals surface area contributed by atoms with Crippen LogP contribution in [0.25, 0.3) is 0 Å². The molecule has 0 radical (unpaired) electrons. The van der Waals surface area contributed by atoms with E-state index in [4.69, 9.17) is 14.2 Å². The number of hydrogen-bond acceptors (Lipinski definition) is 6. The van der Waals surface area contributed by atoms with Gasteiger partial charge >= 0.3 is 17.9 Å². The van der Waals surface area contributed by atoms with E-state index in [0.29, 0.717) is 19.3 Å². The van der Waals surface area contributed by atoms with Crippen LogP contribution in [0.5, 0.6) is 0 Å². The average Bonchev–Trinajstić information content (AvgIpc) is 3.47. The van der Waals surface area contributed by atoms with Crippen molar-refractivity contribution in [2.75, 3.05) is 13.2 Å². The van der Waals surface area contributed by atoms with Crippen molar-refractivity contribution >= 4 is 17.9 Å². The predicted octanol–water partition coefficient (Wildman–Crippen LogP) is 24.4. The minimum absolute atomic E-state index is 0.0754. The molecule has 0 aromatic rings. The van der Waals surface area contributed by atoms with Crippen LogP contribution < -0.4 is 0 Å². The predicted molar refractivity (Wildman–Crippen MR) is 353 cm³/mol. The third-order valence-corrected chi connectivity index (χ3v) is 15.7. The van der Waals surface area contributed by atoms with Crippen LogP contribution in [0.15, 0.2) is 72.9 Å². The van der Waals surface area contributed by atoms with E-state index in [2.05, 4.69) is 93.7 Å². The second-order valence-corrected chi connectivity index (χ2v) is 23.8. The van der Waals surface area contributed by atoms with Gasteiger partial charge in [0.25, 0.3) is 0 Å². The molecular weight excluding hydrogens is 997 g/mol. The number of carbonyl (C=O) groups is 3. The highest BCUT2D eigenvalue weighted by Crippen LogP contribution is 2.18. The highest BCUT2D eigenvalue weighted by Gasteiger charge is 2.19. The molecule has 0 aromatic heterocycles. The molecule has 0 rings (SSSR count). The second kappa shape index (κ2) is 69.3. The van der Waals surface area contributed by atoms with Crippen molar-refractivity contribution in [2.24, 2.45) is 0 Å². The Balaban J connectivity index is 4.34.